The van der Waals surface area contributed by atoms with Gasteiger partial charge in [0.25, 0.3) is 5.91 Å². The van der Waals surface area contributed by atoms with Gasteiger partial charge < -0.3 is 25.4 Å². The van der Waals surface area contributed by atoms with E-state index >= 15 is 0 Å². The molecule has 5 rings (SSSR count). The summed E-state index contributed by atoms with van der Waals surface area (Å²) < 4.78 is 11.4. The zero-order valence-electron chi connectivity index (χ0n) is 18.4. The predicted octanol–water partition coefficient (Wildman–Crippen LogP) is 4.45. The van der Waals surface area contributed by atoms with Crippen molar-refractivity contribution in [2.75, 3.05) is 22.6 Å². The fourth-order valence-corrected chi connectivity index (χ4v) is 3.42. The molecule has 0 radical (unpaired) electrons. The molecular weight excluding hydrogens is 432 g/mol. The zero-order chi connectivity index (χ0) is 23.3. The number of amides is 1. The van der Waals surface area contributed by atoms with Gasteiger partial charge in [-0.3, -0.25) is 4.79 Å². The first-order valence-corrected chi connectivity index (χ1v) is 10.7. The van der Waals surface area contributed by atoms with Gasteiger partial charge in [0.15, 0.2) is 11.5 Å². The fraction of sp³-hybridized carbons (Fsp3) is 0.120. The topological polar surface area (TPSA) is 110 Å². The van der Waals surface area contributed by atoms with E-state index in [0.29, 0.717) is 40.5 Å². The summed E-state index contributed by atoms with van der Waals surface area (Å²) in [5.41, 5.74) is 1.46. The molecule has 0 fully saturated rings. The van der Waals surface area contributed by atoms with Crippen LogP contribution in [0.25, 0.3) is 0 Å². The van der Waals surface area contributed by atoms with Gasteiger partial charge in [-0.05, 0) is 55.5 Å². The quantitative estimate of drug-likeness (QED) is 0.392. The third-order valence-corrected chi connectivity index (χ3v) is 4.98. The van der Waals surface area contributed by atoms with Gasteiger partial charge in [-0.1, -0.05) is 18.2 Å². The number of carbonyl (C=O) groups excluding carboxylic acids is 1. The summed E-state index contributed by atoms with van der Waals surface area (Å²) in [6.45, 7) is 1.98. The first-order chi connectivity index (χ1) is 16.6. The summed E-state index contributed by atoms with van der Waals surface area (Å²) in [5.74, 6) is 3.51. The van der Waals surface area contributed by atoms with E-state index in [1.807, 2.05) is 55.5 Å². The first kappa shape index (κ1) is 21.2. The number of carbonyl (C=O) groups is 1. The highest BCUT2D eigenvalue weighted by Gasteiger charge is 2.27. The molecule has 2 aromatic heterocycles. The minimum absolute atomic E-state index is 0.157. The van der Waals surface area contributed by atoms with E-state index in [0.717, 1.165) is 5.69 Å². The molecule has 0 bridgehead atoms. The Kier molecular flexibility index (Phi) is 5.89. The molecule has 34 heavy (non-hydrogen) atoms. The molecule has 1 unspecified atom stereocenters. The van der Waals surface area contributed by atoms with E-state index in [4.69, 9.17) is 9.47 Å². The Balaban J connectivity index is 1.21. The number of hydrogen-bond donors (Lipinski definition) is 3. The Morgan fingerprint density at radius 2 is 1.56 bits per heavy atom. The molecule has 9 nitrogen and oxygen atoms in total. The highest BCUT2D eigenvalue weighted by molar-refractivity contribution is 5.95. The molecule has 0 aliphatic carbocycles. The number of nitrogens with zero attached hydrogens (tertiary/aromatic N) is 3. The van der Waals surface area contributed by atoms with Crippen molar-refractivity contribution in [3.8, 4) is 11.5 Å². The third-order valence-electron chi connectivity index (χ3n) is 4.98. The summed E-state index contributed by atoms with van der Waals surface area (Å²) in [4.78, 5) is 25.7. The lowest BCUT2D eigenvalue weighted by Gasteiger charge is -2.25. The lowest BCUT2D eigenvalue weighted by molar-refractivity contribution is -0.125. The zero-order valence-corrected chi connectivity index (χ0v) is 18.4. The molecular formula is C25H22N6O3. The Bertz CT molecular complexity index is 1300. The van der Waals surface area contributed by atoms with Gasteiger partial charge in [0, 0.05) is 23.6 Å². The van der Waals surface area contributed by atoms with Crippen LogP contribution in [0.15, 0.2) is 79.0 Å². The van der Waals surface area contributed by atoms with Crippen LogP contribution in [0.2, 0.25) is 0 Å². The second-order valence-electron chi connectivity index (χ2n) is 7.58. The number of para-hydroxylation sites is 2. The molecule has 1 atom stereocenters. The Labute approximate surface area is 196 Å². The number of fused-ring (bicyclic) bond motifs is 1. The second-order valence-corrected chi connectivity index (χ2v) is 7.58. The van der Waals surface area contributed by atoms with Crippen LogP contribution in [0.1, 0.15) is 5.82 Å². The average molecular weight is 454 g/mol. The minimum atomic E-state index is -0.721. The van der Waals surface area contributed by atoms with Crippen molar-refractivity contribution >= 4 is 34.7 Å². The third kappa shape index (κ3) is 5.04. The van der Waals surface area contributed by atoms with Crippen molar-refractivity contribution in [1.29, 1.82) is 0 Å². The Hall–Kier alpha value is -4.66. The molecule has 0 saturated carbocycles. The van der Waals surface area contributed by atoms with Crippen molar-refractivity contribution in [3.63, 3.8) is 0 Å². The summed E-state index contributed by atoms with van der Waals surface area (Å²) in [6.07, 6.45) is 0.990. The number of ether oxygens (including phenoxy) is 2. The Morgan fingerprint density at radius 1 is 0.853 bits per heavy atom. The first-order valence-electron chi connectivity index (χ1n) is 10.7. The van der Waals surface area contributed by atoms with Gasteiger partial charge in [-0.2, -0.15) is 0 Å². The molecule has 0 saturated heterocycles. The van der Waals surface area contributed by atoms with E-state index in [9.17, 15) is 4.79 Å². The minimum Gasteiger partial charge on any atom is -0.485 e. The van der Waals surface area contributed by atoms with Crippen LogP contribution in [0, 0.1) is 6.92 Å². The monoisotopic (exact) mass is 454 g/mol. The molecule has 0 spiro atoms. The normalized spacial score (nSPS) is 14.2. The van der Waals surface area contributed by atoms with Crippen LogP contribution in [-0.2, 0) is 4.79 Å². The summed E-state index contributed by atoms with van der Waals surface area (Å²) in [7, 11) is 0. The maximum absolute atomic E-state index is 12.6. The molecule has 1 amide bonds. The van der Waals surface area contributed by atoms with Gasteiger partial charge in [0.1, 0.15) is 29.9 Å². The SMILES string of the molecule is Cc1nc(Nc2ccc(NC(=O)C3COc4ccccc4O3)cc2)cc(Nc2ccccn2)n1. The highest BCUT2D eigenvalue weighted by atomic mass is 16.6. The number of pyridine rings is 1. The van der Waals surface area contributed by atoms with Crippen molar-refractivity contribution in [1.82, 2.24) is 15.0 Å². The number of hydrogen-bond acceptors (Lipinski definition) is 8. The lowest BCUT2D eigenvalue weighted by Crippen LogP contribution is -2.40. The fourth-order valence-electron chi connectivity index (χ4n) is 3.42. The summed E-state index contributed by atoms with van der Waals surface area (Å²) in [5, 5.41) is 9.29. The number of nitrogens with one attached hydrogen (secondary N) is 3. The number of aryl methyl sites for hydroxylation is 1. The van der Waals surface area contributed by atoms with Crippen LogP contribution in [0.5, 0.6) is 11.5 Å². The molecule has 170 valence electrons. The summed E-state index contributed by atoms with van der Waals surface area (Å²) >= 11 is 0. The van der Waals surface area contributed by atoms with Gasteiger partial charge in [-0.15, -0.1) is 0 Å². The molecule has 1 aliphatic rings. The predicted molar refractivity (Wildman–Crippen MR) is 129 cm³/mol. The molecule has 2 aromatic carbocycles. The van der Waals surface area contributed by atoms with Crippen LogP contribution < -0.4 is 25.4 Å². The second kappa shape index (κ2) is 9.45. The maximum atomic E-state index is 12.6. The smallest absolute Gasteiger partial charge is 0.269 e. The number of anilines is 5. The van der Waals surface area contributed by atoms with Gasteiger partial charge >= 0.3 is 0 Å². The van der Waals surface area contributed by atoms with Crippen molar-refractivity contribution < 1.29 is 14.3 Å². The summed E-state index contributed by atoms with van der Waals surface area (Å²) in [6, 6.07) is 22.0. The molecule has 3 heterocycles. The van der Waals surface area contributed by atoms with E-state index in [-0.39, 0.29) is 12.5 Å². The molecule has 4 aromatic rings. The van der Waals surface area contributed by atoms with E-state index in [1.54, 1.807) is 30.5 Å². The number of rotatable bonds is 6. The van der Waals surface area contributed by atoms with E-state index < -0.39 is 6.10 Å². The van der Waals surface area contributed by atoms with Crippen molar-refractivity contribution in [2.24, 2.45) is 0 Å². The maximum Gasteiger partial charge on any atom is 0.269 e. The van der Waals surface area contributed by atoms with Crippen LogP contribution in [0.3, 0.4) is 0 Å². The lowest BCUT2D eigenvalue weighted by atomic mass is 10.2. The van der Waals surface area contributed by atoms with E-state index in [1.165, 1.54) is 0 Å². The van der Waals surface area contributed by atoms with Gasteiger partial charge in [-0.25, -0.2) is 15.0 Å². The largest absolute Gasteiger partial charge is 0.485 e. The number of aromatic nitrogens is 3. The Morgan fingerprint density at radius 3 is 2.32 bits per heavy atom. The molecule has 1 aliphatic heterocycles. The van der Waals surface area contributed by atoms with Crippen molar-refractivity contribution in [3.05, 3.63) is 84.8 Å². The van der Waals surface area contributed by atoms with Crippen molar-refractivity contribution in [2.45, 2.75) is 13.0 Å². The van der Waals surface area contributed by atoms with Crippen LogP contribution >= 0.6 is 0 Å². The highest BCUT2D eigenvalue weighted by Crippen LogP contribution is 2.31. The van der Waals surface area contributed by atoms with E-state index in [2.05, 4.69) is 30.9 Å². The van der Waals surface area contributed by atoms with Gasteiger partial charge in [0.2, 0.25) is 6.10 Å². The standard InChI is InChI=1S/C25H22N6O3/c1-16-27-23(14-24(28-16)31-22-8-4-5-13-26-22)29-17-9-11-18(12-10-17)30-25(32)21-15-33-19-6-2-3-7-20(19)34-21/h2-14,21H,15H2,1H3,(H,30,32)(H2,26,27,28,29,31). The van der Waals surface area contributed by atoms with Gasteiger partial charge in [0.05, 0.1) is 0 Å². The average Bonchev–Trinajstić information content (AvgIpc) is 2.85. The molecule has 3 N–H and O–H groups in total. The number of benzene rings is 2. The molecule has 9 heteroatoms. The van der Waals surface area contributed by atoms with Crippen LogP contribution in [-0.4, -0.2) is 33.6 Å². The van der Waals surface area contributed by atoms with Crippen LogP contribution in [0.4, 0.5) is 28.8 Å².